The predicted molar refractivity (Wildman–Crippen MR) is 75.5 cm³/mol. The van der Waals surface area contributed by atoms with Crippen LogP contribution in [0, 0.1) is 0 Å². The van der Waals surface area contributed by atoms with Gasteiger partial charge in [-0.1, -0.05) is 6.07 Å². The van der Waals surface area contributed by atoms with E-state index in [-0.39, 0.29) is 0 Å². The molecule has 2 aliphatic rings. The third-order valence-corrected chi connectivity index (χ3v) is 3.81. The topological polar surface area (TPSA) is 40.6 Å². The Balaban J connectivity index is 1.46. The van der Waals surface area contributed by atoms with E-state index in [9.17, 15) is 0 Å². The molecule has 0 saturated carbocycles. The van der Waals surface area contributed by atoms with E-state index in [2.05, 4.69) is 32.2 Å². The number of aromatic nitrogens is 1. The second kappa shape index (κ2) is 6.32. The van der Waals surface area contributed by atoms with E-state index in [1.807, 2.05) is 12.3 Å². The smallest absolute Gasteiger partial charge is 0.128 e. The van der Waals surface area contributed by atoms with Crippen LogP contribution in [0.15, 0.2) is 24.4 Å². The standard InChI is InChI=1S/C14H22N4O/c1-2-4-16-14(3-1)18-8-6-17(7-9-18)12-13-11-15-5-10-19-13/h1-4,13,15H,5-12H2. The fourth-order valence-corrected chi connectivity index (χ4v) is 2.73. The Morgan fingerprint density at radius 1 is 1.26 bits per heavy atom. The van der Waals surface area contributed by atoms with Crippen molar-refractivity contribution in [3.8, 4) is 0 Å². The number of pyridine rings is 1. The Morgan fingerprint density at radius 3 is 2.84 bits per heavy atom. The third-order valence-electron chi connectivity index (χ3n) is 3.81. The summed E-state index contributed by atoms with van der Waals surface area (Å²) in [5.41, 5.74) is 0. The highest BCUT2D eigenvalue weighted by Gasteiger charge is 2.22. The van der Waals surface area contributed by atoms with Crippen molar-refractivity contribution in [3.63, 3.8) is 0 Å². The first-order valence-corrected chi connectivity index (χ1v) is 7.12. The van der Waals surface area contributed by atoms with Gasteiger partial charge in [-0.25, -0.2) is 4.98 Å². The van der Waals surface area contributed by atoms with E-state index in [0.717, 1.165) is 58.2 Å². The molecule has 2 fully saturated rings. The summed E-state index contributed by atoms with van der Waals surface area (Å²) in [5.74, 6) is 1.10. The fraction of sp³-hybridized carbons (Fsp3) is 0.643. The van der Waals surface area contributed by atoms with Gasteiger partial charge in [0.2, 0.25) is 0 Å². The van der Waals surface area contributed by atoms with Gasteiger partial charge in [-0.2, -0.15) is 0 Å². The molecule has 5 heteroatoms. The molecule has 1 aromatic heterocycles. The number of rotatable bonds is 3. The Hall–Kier alpha value is -1.17. The van der Waals surface area contributed by atoms with Crippen LogP contribution in [0.3, 0.4) is 0 Å². The van der Waals surface area contributed by atoms with E-state index in [0.29, 0.717) is 6.10 Å². The summed E-state index contributed by atoms with van der Waals surface area (Å²) in [6.45, 7) is 8.16. The van der Waals surface area contributed by atoms with Gasteiger partial charge in [0.15, 0.2) is 0 Å². The van der Waals surface area contributed by atoms with Crippen molar-refractivity contribution in [3.05, 3.63) is 24.4 Å². The van der Waals surface area contributed by atoms with Crippen molar-refractivity contribution in [2.24, 2.45) is 0 Å². The molecule has 2 aliphatic heterocycles. The van der Waals surface area contributed by atoms with Crippen LogP contribution in [0.4, 0.5) is 5.82 Å². The van der Waals surface area contributed by atoms with Crippen LogP contribution in [0.1, 0.15) is 0 Å². The maximum atomic E-state index is 5.76. The summed E-state index contributed by atoms with van der Waals surface area (Å²) in [4.78, 5) is 9.27. The quantitative estimate of drug-likeness (QED) is 0.842. The molecule has 0 bridgehead atoms. The molecule has 3 rings (SSSR count). The van der Waals surface area contributed by atoms with Crippen LogP contribution in [-0.2, 0) is 4.74 Å². The van der Waals surface area contributed by atoms with Gasteiger partial charge >= 0.3 is 0 Å². The Labute approximate surface area is 114 Å². The first-order valence-electron chi connectivity index (χ1n) is 7.12. The van der Waals surface area contributed by atoms with Crippen LogP contribution >= 0.6 is 0 Å². The highest BCUT2D eigenvalue weighted by molar-refractivity contribution is 5.38. The van der Waals surface area contributed by atoms with Crippen molar-refractivity contribution in [1.82, 2.24) is 15.2 Å². The number of hydrogen-bond acceptors (Lipinski definition) is 5. The molecule has 0 amide bonds. The largest absolute Gasteiger partial charge is 0.374 e. The number of morpholine rings is 1. The van der Waals surface area contributed by atoms with E-state index < -0.39 is 0 Å². The first kappa shape index (κ1) is 12.8. The first-order chi connectivity index (χ1) is 9.42. The SMILES string of the molecule is c1ccc(N2CCN(CC3CNCCO3)CC2)nc1. The van der Waals surface area contributed by atoms with Gasteiger partial charge in [0.1, 0.15) is 5.82 Å². The predicted octanol–water partition coefficient (Wildman–Crippen LogP) is 0.192. The minimum Gasteiger partial charge on any atom is -0.374 e. The zero-order valence-corrected chi connectivity index (χ0v) is 11.3. The normalized spacial score (nSPS) is 25.5. The van der Waals surface area contributed by atoms with Gasteiger partial charge in [-0.15, -0.1) is 0 Å². The van der Waals surface area contributed by atoms with Gasteiger partial charge in [0, 0.05) is 52.0 Å². The lowest BCUT2D eigenvalue weighted by Crippen LogP contribution is -2.52. The van der Waals surface area contributed by atoms with Gasteiger partial charge in [-0.3, -0.25) is 4.90 Å². The molecule has 1 N–H and O–H groups in total. The van der Waals surface area contributed by atoms with E-state index >= 15 is 0 Å². The molecular formula is C14H22N4O. The average molecular weight is 262 g/mol. The van der Waals surface area contributed by atoms with Gasteiger partial charge in [0.05, 0.1) is 12.7 Å². The highest BCUT2D eigenvalue weighted by atomic mass is 16.5. The Morgan fingerprint density at radius 2 is 2.16 bits per heavy atom. The van der Waals surface area contributed by atoms with Crippen molar-refractivity contribution >= 4 is 5.82 Å². The number of piperazine rings is 1. The summed E-state index contributed by atoms with van der Waals surface area (Å²) in [6, 6.07) is 6.10. The molecule has 3 heterocycles. The van der Waals surface area contributed by atoms with E-state index in [1.54, 1.807) is 0 Å². The number of ether oxygens (including phenoxy) is 1. The van der Waals surface area contributed by atoms with Gasteiger partial charge < -0.3 is 15.0 Å². The zero-order valence-electron chi connectivity index (χ0n) is 11.3. The molecule has 1 aromatic rings. The molecule has 1 unspecified atom stereocenters. The molecule has 104 valence electrons. The van der Waals surface area contributed by atoms with Crippen molar-refractivity contribution in [2.75, 3.05) is 57.3 Å². The molecule has 0 spiro atoms. The fourth-order valence-electron chi connectivity index (χ4n) is 2.73. The van der Waals surface area contributed by atoms with E-state index in [4.69, 9.17) is 4.74 Å². The Bertz CT molecular complexity index is 372. The number of nitrogens with one attached hydrogen (secondary N) is 1. The van der Waals surface area contributed by atoms with Crippen LogP contribution in [0.2, 0.25) is 0 Å². The summed E-state index contributed by atoms with van der Waals surface area (Å²) in [5, 5.41) is 3.39. The Kier molecular flexibility index (Phi) is 4.27. The second-order valence-corrected chi connectivity index (χ2v) is 5.17. The van der Waals surface area contributed by atoms with Gasteiger partial charge in [0.25, 0.3) is 0 Å². The zero-order chi connectivity index (χ0) is 12.9. The molecular weight excluding hydrogens is 240 g/mol. The second-order valence-electron chi connectivity index (χ2n) is 5.17. The monoisotopic (exact) mass is 262 g/mol. The van der Waals surface area contributed by atoms with Crippen LogP contribution < -0.4 is 10.2 Å². The van der Waals surface area contributed by atoms with Crippen molar-refractivity contribution in [1.29, 1.82) is 0 Å². The lowest BCUT2D eigenvalue weighted by atomic mass is 10.2. The van der Waals surface area contributed by atoms with E-state index in [1.165, 1.54) is 0 Å². The third kappa shape index (κ3) is 3.43. The minimum atomic E-state index is 0.357. The van der Waals surface area contributed by atoms with Crippen molar-refractivity contribution < 1.29 is 4.74 Å². The number of nitrogens with zero attached hydrogens (tertiary/aromatic N) is 3. The summed E-state index contributed by atoms with van der Waals surface area (Å²) < 4.78 is 5.76. The van der Waals surface area contributed by atoms with Crippen molar-refractivity contribution in [2.45, 2.75) is 6.10 Å². The summed E-state index contributed by atoms with van der Waals surface area (Å²) in [7, 11) is 0. The van der Waals surface area contributed by atoms with Crippen LogP contribution in [0.5, 0.6) is 0 Å². The molecule has 1 atom stereocenters. The summed E-state index contributed by atoms with van der Waals surface area (Å²) in [6.07, 6.45) is 2.22. The molecule has 0 aromatic carbocycles. The molecule has 0 aliphatic carbocycles. The highest BCUT2D eigenvalue weighted by Crippen LogP contribution is 2.13. The maximum Gasteiger partial charge on any atom is 0.128 e. The molecule has 2 saturated heterocycles. The van der Waals surface area contributed by atoms with Crippen LogP contribution in [-0.4, -0.2) is 68.4 Å². The number of anilines is 1. The van der Waals surface area contributed by atoms with Gasteiger partial charge in [-0.05, 0) is 12.1 Å². The average Bonchev–Trinajstić information content (AvgIpc) is 2.50. The molecule has 5 nitrogen and oxygen atoms in total. The molecule has 0 radical (unpaired) electrons. The summed E-state index contributed by atoms with van der Waals surface area (Å²) >= 11 is 0. The lowest BCUT2D eigenvalue weighted by molar-refractivity contribution is 0.00463. The van der Waals surface area contributed by atoms with Crippen LogP contribution in [0.25, 0.3) is 0 Å². The maximum absolute atomic E-state index is 5.76. The minimum absolute atomic E-state index is 0.357. The number of hydrogen-bond donors (Lipinski definition) is 1. The molecule has 19 heavy (non-hydrogen) atoms. The lowest BCUT2D eigenvalue weighted by Gasteiger charge is -2.37.